The number of hydrogen-bond acceptors (Lipinski definition) is 5. The number of hydrogen-bond donors (Lipinski definition) is 0. The SMILES string of the molecule is CC(C)n1cc(C(F)(F)F)nc1-c1ccc(COc2nc(Cl)ncc2OC(F)F)cc1. The van der Waals surface area contributed by atoms with Gasteiger partial charge in [0.05, 0.1) is 6.20 Å². The van der Waals surface area contributed by atoms with Gasteiger partial charge in [0.25, 0.3) is 5.88 Å². The highest BCUT2D eigenvalue weighted by molar-refractivity contribution is 6.28. The van der Waals surface area contributed by atoms with Crippen LogP contribution in [-0.2, 0) is 12.8 Å². The Morgan fingerprint density at radius 2 is 1.77 bits per heavy atom. The molecule has 0 bridgehead atoms. The zero-order valence-electron chi connectivity index (χ0n) is 16.2. The molecule has 1 aromatic carbocycles. The molecule has 0 unspecified atom stereocenters. The molecule has 3 aromatic rings. The van der Waals surface area contributed by atoms with Gasteiger partial charge in [0.15, 0.2) is 5.69 Å². The number of benzene rings is 1. The van der Waals surface area contributed by atoms with Gasteiger partial charge in [-0.3, -0.25) is 0 Å². The van der Waals surface area contributed by atoms with E-state index in [2.05, 4.69) is 19.7 Å². The highest BCUT2D eigenvalue weighted by Crippen LogP contribution is 2.33. The summed E-state index contributed by atoms with van der Waals surface area (Å²) in [4.78, 5) is 11.0. The first-order valence-electron chi connectivity index (χ1n) is 8.90. The topological polar surface area (TPSA) is 62.1 Å². The second-order valence-corrected chi connectivity index (χ2v) is 6.96. The Kier molecular flexibility index (Phi) is 6.63. The molecule has 0 fully saturated rings. The molecule has 0 atom stereocenters. The first-order valence-corrected chi connectivity index (χ1v) is 9.28. The van der Waals surface area contributed by atoms with Gasteiger partial charge in [0.2, 0.25) is 11.0 Å². The molecule has 0 saturated carbocycles. The summed E-state index contributed by atoms with van der Waals surface area (Å²) in [6.45, 7) is 0.316. The van der Waals surface area contributed by atoms with Crippen molar-refractivity contribution in [2.24, 2.45) is 0 Å². The van der Waals surface area contributed by atoms with Crippen LogP contribution in [0.2, 0.25) is 5.28 Å². The molecule has 3 rings (SSSR count). The van der Waals surface area contributed by atoms with E-state index in [1.165, 1.54) is 4.57 Å². The van der Waals surface area contributed by atoms with Gasteiger partial charge in [-0.2, -0.15) is 26.9 Å². The third-order valence-electron chi connectivity index (χ3n) is 4.08. The lowest BCUT2D eigenvalue weighted by atomic mass is 10.1. The Hall–Kier alpha value is -2.95. The Morgan fingerprint density at radius 1 is 1.10 bits per heavy atom. The number of nitrogens with zero attached hydrogens (tertiary/aromatic N) is 4. The van der Waals surface area contributed by atoms with Crippen LogP contribution in [0.25, 0.3) is 11.4 Å². The summed E-state index contributed by atoms with van der Waals surface area (Å²) in [6, 6.07) is 6.15. The van der Waals surface area contributed by atoms with Crippen LogP contribution in [0.4, 0.5) is 22.0 Å². The van der Waals surface area contributed by atoms with Crippen LogP contribution in [0.15, 0.2) is 36.7 Å². The van der Waals surface area contributed by atoms with Crippen molar-refractivity contribution in [3.63, 3.8) is 0 Å². The van der Waals surface area contributed by atoms with E-state index in [1.807, 2.05) is 0 Å². The number of halogens is 6. The minimum absolute atomic E-state index is 0.0837. The first-order chi connectivity index (χ1) is 14.5. The standard InChI is InChI=1S/C19H16ClF5N4O2/c1-10(2)29-8-14(19(23,24)25)27-15(29)12-5-3-11(4-6-12)9-30-16-13(31-18(21)22)7-26-17(20)28-16/h3-8,10,18H,9H2,1-2H3. The van der Waals surface area contributed by atoms with Crippen LogP contribution in [0.1, 0.15) is 31.1 Å². The molecule has 0 aliphatic carbocycles. The van der Waals surface area contributed by atoms with Crippen molar-refractivity contribution in [2.75, 3.05) is 0 Å². The largest absolute Gasteiger partial charge is 0.470 e. The summed E-state index contributed by atoms with van der Waals surface area (Å²) < 4.78 is 75.3. The predicted octanol–water partition coefficient (Wildman–Crippen LogP) is 5.77. The zero-order chi connectivity index (χ0) is 22.8. The Labute approximate surface area is 178 Å². The Bertz CT molecular complexity index is 1040. The smallest absolute Gasteiger partial charge is 0.434 e. The van der Waals surface area contributed by atoms with E-state index in [1.54, 1.807) is 38.1 Å². The van der Waals surface area contributed by atoms with Gasteiger partial charge >= 0.3 is 12.8 Å². The molecule has 2 heterocycles. The molecule has 2 aromatic heterocycles. The lowest BCUT2D eigenvalue weighted by Crippen LogP contribution is -2.07. The van der Waals surface area contributed by atoms with E-state index >= 15 is 0 Å². The minimum atomic E-state index is -4.56. The lowest BCUT2D eigenvalue weighted by Gasteiger charge is -2.12. The van der Waals surface area contributed by atoms with Crippen LogP contribution in [0.3, 0.4) is 0 Å². The monoisotopic (exact) mass is 462 g/mol. The summed E-state index contributed by atoms with van der Waals surface area (Å²) in [5.74, 6) is -0.478. The van der Waals surface area contributed by atoms with E-state index in [-0.39, 0.29) is 35.4 Å². The average molecular weight is 463 g/mol. The molecule has 12 heteroatoms. The fourth-order valence-corrected chi connectivity index (χ4v) is 2.78. The maximum Gasteiger partial charge on any atom is 0.434 e. The van der Waals surface area contributed by atoms with Gasteiger partial charge in [0, 0.05) is 17.8 Å². The van der Waals surface area contributed by atoms with Crippen molar-refractivity contribution >= 4 is 11.6 Å². The molecule has 0 N–H and O–H groups in total. The second kappa shape index (κ2) is 9.04. The Balaban J connectivity index is 1.79. The molecule has 31 heavy (non-hydrogen) atoms. The van der Waals surface area contributed by atoms with Crippen LogP contribution in [0.5, 0.6) is 11.6 Å². The molecule has 0 aliphatic rings. The van der Waals surface area contributed by atoms with E-state index in [4.69, 9.17) is 16.3 Å². The van der Waals surface area contributed by atoms with Crippen molar-refractivity contribution in [3.8, 4) is 23.0 Å². The normalized spacial score (nSPS) is 11.9. The summed E-state index contributed by atoms with van der Waals surface area (Å²) in [7, 11) is 0. The highest BCUT2D eigenvalue weighted by Gasteiger charge is 2.35. The van der Waals surface area contributed by atoms with Crippen molar-refractivity contribution < 1.29 is 31.4 Å². The fraction of sp³-hybridized carbons (Fsp3) is 0.316. The fourth-order valence-electron chi connectivity index (χ4n) is 2.65. The first kappa shape index (κ1) is 22.7. The molecule has 6 nitrogen and oxygen atoms in total. The molecule has 0 aliphatic heterocycles. The molecule has 0 spiro atoms. The summed E-state index contributed by atoms with van der Waals surface area (Å²) >= 11 is 5.66. The molecular weight excluding hydrogens is 447 g/mol. The van der Waals surface area contributed by atoms with Crippen molar-refractivity contribution in [3.05, 3.63) is 53.2 Å². The van der Waals surface area contributed by atoms with Gasteiger partial charge in [0.1, 0.15) is 12.4 Å². The molecule has 0 saturated heterocycles. The summed E-state index contributed by atoms with van der Waals surface area (Å²) in [6.07, 6.45) is -2.62. The van der Waals surface area contributed by atoms with Gasteiger partial charge in [-0.1, -0.05) is 24.3 Å². The third kappa shape index (κ3) is 5.60. The maximum absolute atomic E-state index is 13.1. The van der Waals surface area contributed by atoms with E-state index in [0.717, 1.165) is 12.4 Å². The van der Waals surface area contributed by atoms with Gasteiger partial charge in [-0.15, -0.1) is 0 Å². The number of ether oxygens (including phenoxy) is 2. The number of imidazole rings is 1. The Morgan fingerprint density at radius 3 is 2.35 bits per heavy atom. The highest BCUT2D eigenvalue weighted by atomic mass is 35.5. The minimum Gasteiger partial charge on any atom is -0.470 e. The van der Waals surface area contributed by atoms with Gasteiger partial charge < -0.3 is 14.0 Å². The van der Waals surface area contributed by atoms with Crippen molar-refractivity contribution in [1.82, 2.24) is 19.5 Å². The summed E-state index contributed by atoms with van der Waals surface area (Å²) in [5, 5.41) is -0.215. The van der Waals surface area contributed by atoms with Crippen molar-refractivity contribution in [2.45, 2.75) is 39.3 Å². The van der Waals surface area contributed by atoms with Crippen LogP contribution < -0.4 is 9.47 Å². The van der Waals surface area contributed by atoms with Crippen molar-refractivity contribution in [1.29, 1.82) is 0 Å². The predicted molar refractivity (Wildman–Crippen MR) is 101 cm³/mol. The third-order valence-corrected chi connectivity index (χ3v) is 4.26. The van der Waals surface area contributed by atoms with E-state index in [9.17, 15) is 22.0 Å². The van der Waals surface area contributed by atoms with Crippen LogP contribution in [-0.4, -0.2) is 26.1 Å². The second-order valence-electron chi connectivity index (χ2n) is 6.62. The quantitative estimate of drug-likeness (QED) is 0.329. The van der Waals surface area contributed by atoms with Crippen LogP contribution >= 0.6 is 11.6 Å². The van der Waals surface area contributed by atoms with Gasteiger partial charge in [-0.25, -0.2) is 9.97 Å². The summed E-state index contributed by atoms with van der Waals surface area (Å²) in [5.41, 5.74) is 0.0933. The maximum atomic E-state index is 13.1. The van der Waals surface area contributed by atoms with E-state index in [0.29, 0.717) is 11.1 Å². The van der Waals surface area contributed by atoms with Gasteiger partial charge in [-0.05, 0) is 31.0 Å². The molecular formula is C19H16ClF5N4O2. The number of rotatable bonds is 7. The molecule has 0 amide bonds. The van der Waals surface area contributed by atoms with Crippen LogP contribution in [0, 0.1) is 0 Å². The zero-order valence-corrected chi connectivity index (χ0v) is 17.0. The number of aromatic nitrogens is 4. The molecule has 0 radical (unpaired) electrons. The van der Waals surface area contributed by atoms with E-state index < -0.39 is 18.5 Å². The molecule has 166 valence electrons. The number of alkyl halides is 5. The average Bonchev–Trinajstić information content (AvgIpc) is 3.14. The lowest BCUT2D eigenvalue weighted by molar-refractivity contribution is -0.140.